The highest BCUT2D eigenvalue weighted by Crippen LogP contribution is 2.23. The summed E-state index contributed by atoms with van der Waals surface area (Å²) in [6, 6.07) is 3.82. The molecule has 2 amide bonds. The van der Waals surface area contributed by atoms with Gasteiger partial charge >= 0.3 is 0 Å². The van der Waals surface area contributed by atoms with E-state index in [1.807, 2.05) is 13.8 Å². The minimum absolute atomic E-state index is 0.275. The highest BCUT2D eigenvalue weighted by atomic mass is 35.5. The fraction of sp³-hybridized carbons (Fsp3) is 0.385. The maximum absolute atomic E-state index is 11.9. The van der Waals surface area contributed by atoms with Gasteiger partial charge in [0.25, 0.3) is 0 Å². The van der Waals surface area contributed by atoms with E-state index < -0.39 is 11.9 Å². The molecule has 0 saturated carbocycles. The first-order chi connectivity index (χ1) is 8.81. The van der Waals surface area contributed by atoms with E-state index in [1.165, 1.54) is 18.2 Å². The first kappa shape index (κ1) is 15.5. The Labute approximate surface area is 117 Å². The van der Waals surface area contributed by atoms with E-state index in [-0.39, 0.29) is 11.5 Å². The second-order valence-corrected chi connectivity index (χ2v) is 5.19. The van der Waals surface area contributed by atoms with Gasteiger partial charge < -0.3 is 16.8 Å². The second-order valence-electron chi connectivity index (χ2n) is 4.78. The van der Waals surface area contributed by atoms with Crippen LogP contribution in [0.25, 0.3) is 0 Å². The predicted octanol–water partition coefficient (Wildman–Crippen LogP) is 1.75. The zero-order valence-electron chi connectivity index (χ0n) is 10.9. The molecular weight excluding hydrogens is 266 g/mol. The molecule has 0 saturated heterocycles. The molecule has 0 aliphatic heterocycles. The SMILES string of the molecule is CC(C)C[C@@H](N)C(=O)Nc1cc(C(N)=O)ccc1Cl. The van der Waals surface area contributed by atoms with Crippen LogP contribution in [0.1, 0.15) is 30.6 Å². The molecule has 1 aromatic carbocycles. The molecule has 19 heavy (non-hydrogen) atoms. The Morgan fingerprint density at radius 2 is 2.00 bits per heavy atom. The van der Waals surface area contributed by atoms with Crippen molar-refractivity contribution in [2.75, 3.05) is 5.32 Å². The van der Waals surface area contributed by atoms with Crippen LogP contribution < -0.4 is 16.8 Å². The summed E-state index contributed by atoms with van der Waals surface area (Å²) < 4.78 is 0. The molecule has 0 bridgehead atoms. The maximum atomic E-state index is 11.9. The third-order valence-electron chi connectivity index (χ3n) is 2.57. The fourth-order valence-corrected chi connectivity index (χ4v) is 1.78. The summed E-state index contributed by atoms with van der Waals surface area (Å²) in [5.74, 6) is -0.607. The van der Waals surface area contributed by atoms with Crippen LogP contribution >= 0.6 is 11.6 Å². The molecule has 1 atom stereocenters. The number of nitrogens with one attached hydrogen (secondary N) is 1. The maximum Gasteiger partial charge on any atom is 0.248 e. The van der Waals surface area contributed by atoms with Crippen LogP contribution in [0.4, 0.5) is 5.69 Å². The van der Waals surface area contributed by atoms with Crippen molar-refractivity contribution >= 4 is 29.1 Å². The van der Waals surface area contributed by atoms with Gasteiger partial charge in [-0.1, -0.05) is 25.4 Å². The summed E-state index contributed by atoms with van der Waals surface area (Å²) in [7, 11) is 0. The minimum Gasteiger partial charge on any atom is -0.366 e. The lowest BCUT2D eigenvalue weighted by molar-refractivity contribution is -0.117. The van der Waals surface area contributed by atoms with Crippen molar-refractivity contribution in [1.29, 1.82) is 0 Å². The molecule has 0 unspecified atom stereocenters. The smallest absolute Gasteiger partial charge is 0.248 e. The van der Waals surface area contributed by atoms with Crippen LogP contribution in [0.2, 0.25) is 5.02 Å². The summed E-state index contributed by atoms with van der Waals surface area (Å²) in [6.07, 6.45) is 0.568. The normalized spacial score (nSPS) is 12.3. The Bertz CT molecular complexity index is 489. The summed E-state index contributed by atoms with van der Waals surface area (Å²) in [4.78, 5) is 22.9. The van der Waals surface area contributed by atoms with Crippen LogP contribution in [0.15, 0.2) is 18.2 Å². The lowest BCUT2D eigenvalue weighted by atomic mass is 10.0. The van der Waals surface area contributed by atoms with E-state index in [9.17, 15) is 9.59 Å². The number of hydrogen-bond acceptors (Lipinski definition) is 3. The van der Waals surface area contributed by atoms with Gasteiger partial charge in [-0.15, -0.1) is 0 Å². The number of halogens is 1. The Hall–Kier alpha value is -1.59. The van der Waals surface area contributed by atoms with Crippen molar-refractivity contribution in [1.82, 2.24) is 0 Å². The zero-order valence-corrected chi connectivity index (χ0v) is 11.7. The van der Waals surface area contributed by atoms with Crippen molar-refractivity contribution in [3.05, 3.63) is 28.8 Å². The molecular formula is C13H18ClN3O2. The zero-order chi connectivity index (χ0) is 14.6. The molecule has 0 radical (unpaired) electrons. The standard InChI is InChI=1S/C13H18ClN3O2/c1-7(2)5-10(15)13(19)17-11-6-8(12(16)18)3-4-9(11)14/h3-4,6-7,10H,5,15H2,1-2H3,(H2,16,18)(H,17,19)/t10-/m1/s1. The van der Waals surface area contributed by atoms with Crippen molar-refractivity contribution in [2.24, 2.45) is 17.4 Å². The molecule has 0 aromatic heterocycles. The summed E-state index contributed by atoms with van der Waals surface area (Å²) in [5, 5.41) is 2.94. The minimum atomic E-state index is -0.617. The number of hydrogen-bond donors (Lipinski definition) is 3. The summed E-state index contributed by atoms with van der Waals surface area (Å²) >= 11 is 5.95. The number of primary amides is 1. The lowest BCUT2D eigenvalue weighted by Gasteiger charge is -2.15. The Morgan fingerprint density at radius 3 is 2.53 bits per heavy atom. The summed E-state index contributed by atoms with van der Waals surface area (Å²) in [5.41, 5.74) is 11.5. The van der Waals surface area contributed by atoms with Crippen LogP contribution in [-0.4, -0.2) is 17.9 Å². The molecule has 0 aliphatic rings. The van der Waals surface area contributed by atoms with Crippen molar-refractivity contribution < 1.29 is 9.59 Å². The van der Waals surface area contributed by atoms with Crippen molar-refractivity contribution in [2.45, 2.75) is 26.3 Å². The molecule has 104 valence electrons. The van der Waals surface area contributed by atoms with E-state index in [2.05, 4.69) is 5.32 Å². The third kappa shape index (κ3) is 4.54. The van der Waals surface area contributed by atoms with Gasteiger partial charge in [0, 0.05) is 5.56 Å². The quantitative estimate of drug-likeness (QED) is 0.768. The largest absolute Gasteiger partial charge is 0.366 e. The molecule has 0 fully saturated rings. The van der Waals surface area contributed by atoms with E-state index >= 15 is 0 Å². The Balaban J connectivity index is 2.84. The van der Waals surface area contributed by atoms with Crippen molar-refractivity contribution in [3.63, 3.8) is 0 Å². The van der Waals surface area contributed by atoms with E-state index in [4.69, 9.17) is 23.1 Å². The van der Waals surface area contributed by atoms with Gasteiger partial charge in [-0.05, 0) is 30.5 Å². The molecule has 5 nitrogen and oxygen atoms in total. The van der Waals surface area contributed by atoms with Gasteiger partial charge in [0.15, 0.2) is 0 Å². The van der Waals surface area contributed by atoms with Gasteiger partial charge in [0.2, 0.25) is 11.8 Å². The van der Waals surface area contributed by atoms with Crippen LogP contribution in [-0.2, 0) is 4.79 Å². The molecule has 0 heterocycles. The Morgan fingerprint density at radius 1 is 1.37 bits per heavy atom. The van der Waals surface area contributed by atoms with Crippen LogP contribution in [0, 0.1) is 5.92 Å². The monoisotopic (exact) mass is 283 g/mol. The number of anilines is 1. The first-order valence-corrected chi connectivity index (χ1v) is 6.35. The number of amides is 2. The summed E-state index contributed by atoms with van der Waals surface area (Å²) in [6.45, 7) is 3.96. The van der Waals surface area contributed by atoms with Crippen molar-refractivity contribution in [3.8, 4) is 0 Å². The van der Waals surface area contributed by atoms with E-state index in [1.54, 1.807) is 0 Å². The Kier molecular flexibility index (Phi) is 5.32. The molecule has 1 rings (SSSR count). The fourth-order valence-electron chi connectivity index (χ4n) is 1.61. The van der Waals surface area contributed by atoms with Crippen LogP contribution in [0.5, 0.6) is 0 Å². The van der Waals surface area contributed by atoms with Gasteiger partial charge in [0.05, 0.1) is 16.8 Å². The van der Waals surface area contributed by atoms with E-state index in [0.29, 0.717) is 23.0 Å². The first-order valence-electron chi connectivity index (χ1n) is 5.97. The molecule has 0 spiro atoms. The lowest BCUT2D eigenvalue weighted by Crippen LogP contribution is -2.36. The number of carbonyl (C=O) groups excluding carboxylic acids is 2. The van der Waals surface area contributed by atoms with E-state index in [0.717, 1.165) is 0 Å². The molecule has 0 aliphatic carbocycles. The average molecular weight is 284 g/mol. The number of nitrogens with two attached hydrogens (primary N) is 2. The molecule has 6 heteroatoms. The van der Waals surface area contributed by atoms with Gasteiger partial charge in [0.1, 0.15) is 0 Å². The number of carbonyl (C=O) groups is 2. The molecule has 5 N–H and O–H groups in total. The van der Waals surface area contributed by atoms with Crippen LogP contribution in [0.3, 0.4) is 0 Å². The van der Waals surface area contributed by atoms with Gasteiger partial charge in [-0.2, -0.15) is 0 Å². The molecule has 1 aromatic rings. The van der Waals surface area contributed by atoms with Gasteiger partial charge in [-0.25, -0.2) is 0 Å². The second kappa shape index (κ2) is 6.54. The third-order valence-corrected chi connectivity index (χ3v) is 2.90. The van der Waals surface area contributed by atoms with Gasteiger partial charge in [-0.3, -0.25) is 9.59 Å². The number of rotatable bonds is 5. The highest BCUT2D eigenvalue weighted by Gasteiger charge is 2.16. The predicted molar refractivity (Wildman–Crippen MR) is 76.0 cm³/mol. The average Bonchev–Trinajstić information content (AvgIpc) is 2.30. The topological polar surface area (TPSA) is 98.2 Å². The number of benzene rings is 1. The highest BCUT2D eigenvalue weighted by molar-refractivity contribution is 6.34.